The van der Waals surface area contributed by atoms with Gasteiger partial charge in [-0.15, -0.1) is 0 Å². The van der Waals surface area contributed by atoms with Crippen LogP contribution in [-0.4, -0.2) is 34.9 Å². The molecule has 0 amide bonds. The Balaban J connectivity index is 3.05. The van der Waals surface area contributed by atoms with Crippen molar-refractivity contribution < 1.29 is 24.2 Å². The molecule has 0 radical (unpaired) electrons. The standard InChI is InChI=1S/C20H30O5/c1-6-7-12-24-20(18(22)23,14-17(21)25-19(3,4)5)13-16-10-8-15(2)9-11-16/h8-11H,6-7,12-14H2,1-5H3,(H,22,23). The smallest absolute Gasteiger partial charge is 0.336 e. The topological polar surface area (TPSA) is 72.8 Å². The fourth-order valence-electron chi connectivity index (χ4n) is 2.44. The van der Waals surface area contributed by atoms with Crippen molar-refractivity contribution in [3.8, 4) is 0 Å². The van der Waals surface area contributed by atoms with Crippen LogP contribution < -0.4 is 0 Å². The summed E-state index contributed by atoms with van der Waals surface area (Å²) < 4.78 is 11.1. The van der Waals surface area contributed by atoms with Crippen molar-refractivity contribution in [2.75, 3.05) is 6.61 Å². The molecule has 5 heteroatoms. The van der Waals surface area contributed by atoms with Crippen LogP contribution >= 0.6 is 0 Å². The molecule has 1 unspecified atom stereocenters. The molecule has 0 saturated carbocycles. The SMILES string of the molecule is CCCCOC(CC(=O)OC(C)(C)C)(Cc1ccc(C)cc1)C(=O)O. The predicted molar refractivity (Wildman–Crippen MR) is 96.6 cm³/mol. The highest BCUT2D eigenvalue weighted by atomic mass is 16.6. The van der Waals surface area contributed by atoms with Crippen molar-refractivity contribution in [2.45, 2.75) is 71.5 Å². The van der Waals surface area contributed by atoms with Crippen molar-refractivity contribution in [3.63, 3.8) is 0 Å². The van der Waals surface area contributed by atoms with Crippen LogP contribution in [0.25, 0.3) is 0 Å². The zero-order chi connectivity index (χ0) is 19.1. The Kier molecular flexibility index (Phi) is 7.61. The van der Waals surface area contributed by atoms with Gasteiger partial charge in [-0.25, -0.2) is 4.79 Å². The minimum Gasteiger partial charge on any atom is -0.479 e. The monoisotopic (exact) mass is 350 g/mol. The molecule has 140 valence electrons. The van der Waals surface area contributed by atoms with E-state index in [1.165, 1.54) is 0 Å². The zero-order valence-electron chi connectivity index (χ0n) is 15.9. The molecule has 5 nitrogen and oxygen atoms in total. The van der Waals surface area contributed by atoms with Crippen LogP contribution in [0.15, 0.2) is 24.3 Å². The lowest BCUT2D eigenvalue weighted by Crippen LogP contribution is -2.47. The van der Waals surface area contributed by atoms with Crippen LogP contribution in [-0.2, 0) is 25.5 Å². The number of unbranched alkanes of at least 4 members (excludes halogenated alkanes) is 1. The van der Waals surface area contributed by atoms with Gasteiger partial charge in [0, 0.05) is 13.0 Å². The lowest BCUT2D eigenvalue weighted by atomic mass is 9.90. The summed E-state index contributed by atoms with van der Waals surface area (Å²) >= 11 is 0. The quantitative estimate of drug-likeness (QED) is 0.540. The van der Waals surface area contributed by atoms with Crippen molar-refractivity contribution in [3.05, 3.63) is 35.4 Å². The zero-order valence-corrected chi connectivity index (χ0v) is 15.9. The molecule has 0 aliphatic heterocycles. The Labute approximate surface area is 150 Å². The van der Waals surface area contributed by atoms with E-state index in [0.717, 1.165) is 24.0 Å². The maximum absolute atomic E-state index is 12.3. The highest BCUT2D eigenvalue weighted by Gasteiger charge is 2.43. The second kappa shape index (κ2) is 8.99. The van der Waals surface area contributed by atoms with Gasteiger partial charge in [-0.05, 0) is 39.7 Å². The van der Waals surface area contributed by atoms with Gasteiger partial charge in [0.2, 0.25) is 0 Å². The number of esters is 1. The van der Waals surface area contributed by atoms with Crippen LogP contribution in [0.4, 0.5) is 0 Å². The summed E-state index contributed by atoms with van der Waals surface area (Å²) in [5.41, 5.74) is -0.391. The van der Waals surface area contributed by atoms with E-state index in [-0.39, 0.29) is 19.4 Å². The molecule has 0 fully saturated rings. The average molecular weight is 350 g/mol. The fraction of sp³-hybridized carbons (Fsp3) is 0.600. The molecule has 1 aromatic carbocycles. The molecule has 1 rings (SSSR count). The van der Waals surface area contributed by atoms with Crippen LogP contribution in [0.2, 0.25) is 0 Å². The van der Waals surface area contributed by atoms with Gasteiger partial charge in [0.25, 0.3) is 0 Å². The number of carboxylic acids is 1. The molecule has 1 aromatic rings. The first-order valence-electron chi connectivity index (χ1n) is 8.73. The second-order valence-electron chi connectivity index (χ2n) is 7.43. The molecule has 25 heavy (non-hydrogen) atoms. The molecular formula is C20H30O5. The van der Waals surface area contributed by atoms with Crippen molar-refractivity contribution in [1.29, 1.82) is 0 Å². The van der Waals surface area contributed by atoms with Gasteiger partial charge in [0.05, 0.1) is 6.42 Å². The van der Waals surface area contributed by atoms with Crippen LogP contribution in [0.1, 0.15) is 58.1 Å². The van der Waals surface area contributed by atoms with Crippen molar-refractivity contribution in [1.82, 2.24) is 0 Å². The maximum atomic E-state index is 12.3. The van der Waals surface area contributed by atoms with E-state index in [4.69, 9.17) is 9.47 Å². The number of carboxylic acid groups (broad SMARTS) is 1. The third-order valence-corrected chi connectivity index (χ3v) is 3.73. The number of aryl methyl sites for hydroxylation is 1. The summed E-state index contributed by atoms with van der Waals surface area (Å²) in [5, 5.41) is 9.85. The number of benzene rings is 1. The van der Waals surface area contributed by atoms with Gasteiger partial charge in [-0.2, -0.15) is 0 Å². The number of carbonyl (C=O) groups excluding carboxylic acids is 1. The highest BCUT2D eigenvalue weighted by molar-refractivity contribution is 5.85. The summed E-state index contributed by atoms with van der Waals surface area (Å²) in [6, 6.07) is 7.57. The molecule has 0 bridgehead atoms. The largest absolute Gasteiger partial charge is 0.479 e. The number of carbonyl (C=O) groups is 2. The van der Waals surface area contributed by atoms with E-state index in [1.54, 1.807) is 20.8 Å². The first-order valence-corrected chi connectivity index (χ1v) is 8.73. The summed E-state index contributed by atoms with van der Waals surface area (Å²) in [5.74, 6) is -1.71. The molecule has 0 aromatic heterocycles. The molecule has 1 N–H and O–H groups in total. The molecule has 0 spiro atoms. The number of rotatable bonds is 9. The van der Waals surface area contributed by atoms with Gasteiger partial charge in [-0.1, -0.05) is 43.2 Å². The van der Waals surface area contributed by atoms with Gasteiger partial charge in [0.1, 0.15) is 5.60 Å². The molecule has 0 aliphatic rings. The van der Waals surface area contributed by atoms with Crippen LogP contribution in [0, 0.1) is 6.92 Å². The van der Waals surface area contributed by atoms with E-state index >= 15 is 0 Å². The minimum atomic E-state index is -1.62. The molecular weight excluding hydrogens is 320 g/mol. The number of aliphatic carboxylic acids is 1. The lowest BCUT2D eigenvalue weighted by Gasteiger charge is -2.30. The fourth-order valence-corrected chi connectivity index (χ4v) is 2.44. The van der Waals surface area contributed by atoms with Crippen molar-refractivity contribution >= 4 is 11.9 Å². The van der Waals surface area contributed by atoms with E-state index in [9.17, 15) is 14.7 Å². The summed E-state index contributed by atoms with van der Waals surface area (Å²) in [4.78, 5) is 24.3. The Bertz CT molecular complexity index is 571. The molecule has 1 atom stereocenters. The molecule has 0 heterocycles. The van der Waals surface area contributed by atoms with Gasteiger partial charge < -0.3 is 14.6 Å². The third kappa shape index (κ3) is 7.26. The number of ether oxygens (including phenoxy) is 2. The summed E-state index contributed by atoms with van der Waals surface area (Å²) in [6.45, 7) is 9.52. The lowest BCUT2D eigenvalue weighted by molar-refractivity contribution is -0.179. The molecule has 0 aliphatic carbocycles. The maximum Gasteiger partial charge on any atom is 0.336 e. The van der Waals surface area contributed by atoms with Gasteiger partial charge in [0.15, 0.2) is 5.60 Å². The average Bonchev–Trinajstić information content (AvgIpc) is 2.47. The Morgan fingerprint density at radius 2 is 1.72 bits per heavy atom. The first kappa shape index (κ1) is 21.2. The summed E-state index contributed by atoms with van der Waals surface area (Å²) in [6.07, 6.45) is 1.41. The molecule has 0 saturated heterocycles. The third-order valence-electron chi connectivity index (χ3n) is 3.73. The normalized spacial score (nSPS) is 14.0. The predicted octanol–water partition coefficient (Wildman–Crippen LogP) is 3.91. The van der Waals surface area contributed by atoms with E-state index in [1.807, 2.05) is 38.1 Å². The van der Waals surface area contributed by atoms with E-state index in [2.05, 4.69) is 0 Å². The van der Waals surface area contributed by atoms with E-state index in [0.29, 0.717) is 0 Å². The first-order chi connectivity index (χ1) is 11.6. The highest BCUT2D eigenvalue weighted by Crippen LogP contribution is 2.26. The Morgan fingerprint density at radius 3 is 2.20 bits per heavy atom. The van der Waals surface area contributed by atoms with Gasteiger partial charge in [-0.3, -0.25) is 4.79 Å². The second-order valence-corrected chi connectivity index (χ2v) is 7.43. The minimum absolute atomic E-state index is 0.117. The summed E-state index contributed by atoms with van der Waals surface area (Å²) in [7, 11) is 0. The van der Waals surface area contributed by atoms with Crippen LogP contribution in [0.3, 0.4) is 0 Å². The van der Waals surface area contributed by atoms with Gasteiger partial charge >= 0.3 is 11.9 Å². The van der Waals surface area contributed by atoms with Crippen molar-refractivity contribution in [2.24, 2.45) is 0 Å². The van der Waals surface area contributed by atoms with Crippen LogP contribution in [0.5, 0.6) is 0 Å². The number of hydrogen-bond acceptors (Lipinski definition) is 4. The number of hydrogen-bond donors (Lipinski definition) is 1. The Hall–Kier alpha value is -1.88. The van der Waals surface area contributed by atoms with E-state index < -0.39 is 23.1 Å². The Morgan fingerprint density at radius 1 is 1.12 bits per heavy atom.